The van der Waals surface area contributed by atoms with E-state index in [1.54, 1.807) is 19.1 Å². The summed E-state index contributed by atoms with van der Waals surface area (Å²) in [6.07, 6.45) is -0.611. The number of anilines is 1. The highest BCUT2D eigenvalue weighted by Crippen LogP contribution is 2.14. The van der Waals surface area contributed by atoms with E-state index in [0.717, 1.165) is 10.5 Å². The molecule has 0 saturated carbocycles. The lowest BCUT2D eigenvalue weighted by molar-refractivity contribution is -0.129. The fourth-order valence-electron chi connectivity index (χ4n) is 1.70. The predicted octanol–water partition coefficient (Wildman–Crippen LogP) is 1.18. The second-order valence-corrected chi connectivity index (χ2v) is 4.01. The molecule has 0 aliphatic carbocycles. The van der Waals surface area contributed by atoms with Gasteiger partial charge in [-0.2, -0.15) is 0 Å². The highest BCUT2D eigenvalue weighted by molar-refractivity contribution is 5.99. The molecule has 0 aromatic heterocycles. The minimum atomic E-state index is -0.658. The van der Waals surface area contributed by atoms with Crippen molar-refractivity contribution in [1.82, 2.24) is 4.90 Å². The van der Waals surface area contributed by atoms with E-state index in [0.29, 0.717) is 18.7 Å². The molecule has 1 unspecified atom stereocenters. The molecule has 1 heterocycles. The average molecular weight is 234 g/mol. The first-order chi connectivity index (χ1) is 8.08. The van der Waals surface area contributed by atoms with Crippen LogP contribution in [0.1, 0.15) is 12.5 Å². The van der Waals surface area contributed by atoms with Gasteiger partial charge >= 0.3 is 6.09 Å². The van der Waals surface area contributed by atoms with E-state index in [-0.39, 0.29) is 5.91 Å². The van der Waals surface area contributed by atoms with Crippen LogP contribution in [0.4, 0.5) is 10.5 Å². The molecule has 2 N–H and O–H groups in total. The van der Waals surface area contributed by atoms with Gasteiger partial charge in [0.05, 0.1) is 0 Å². The highest BCUT2D eigenvalue weighted by atomic mass is 16.6. The van der Waals surface area contributed by atoms with Crippen molar-refractivity contribution in [2.45, 2.75) is 19.4 Å². The fourth-order valence-corrected chi connectivity index (χ4v) is 1.70. The van der Waals surface area contributed by atoms with Crippen molar-refractivity contribution in [3.63, 3.8) is 0 Å². The first-order valence-electron chi connectivity index (χ1n) is 5.44. The number of nitrogen functional groups attached to an aromatic ring is 1. The fraction of sp³-hybridized carbons (Fsp3) is 0.333. The van der Waals surface area contributed by atoms with Crippen LogP contribution in [0.3, 0.4) is 0 Å². The van der Waals surface area contributed by atoms with Crippen LogP contribution in [0.15, 0.2) is 24.3 Å². The van der Waals surface area contributed by atoms with Crippen LogP contribution in [-0.4, -0.2) is 29.5 Å². The second-order valence-electron chi connectivity index (χ2n) is 4.01. The summed E-state index contributed by atoms with van der Waals surface area (Å²) in [7, 11) is 0. The zero-order valence-corrected chi connectivity index (χ0v) is 9.55. The third-order valence-corrected chi connectivity index (χ3v) is 2.72. The number of benzene rings is 1. The monoisotopic (exact) mass is 234 g/mol. The van der Waals surface area contributed by atoms with E-state index in [1.807, 2.05) is 12.1 Å². The van der Waals surface area contributed by atoms with Crippen LogP contribution in [-0.2, 0) is 16.0 Å². The number of carbonyl (C=O) groups is 2. The van der Waals surface area contributed by atoms with E-state index >= 15 is 0 Å². The standard InChI is InChI=1S/C12H14N2O3/c1-8-11(15)14(12(16)17-8)7-6-9-2-4-10(13)5-3-9/h2-5,8H,6-7,13H2,1H3. The summed E-state index contributed by atoms with van der Waals surface area (Å²) < 4.78 is 4.81. The average Bonchev–Trinajstić information content (AvgIpc) is 2.54. The Kier molecular flexibility index (Phi) is 2.99. The number of nitrogens with zero attached hydrogens (tertiary/aromatic N) is 1. The van der Waals surface area contributed by atoms with E-state index in [2.05, 4.69) is 0 Å². The maximum Gasteiger partial charge on any atom is 0.417 e. The van der Waals surface area contributed by atoms with E-state index in [4.69, 9.17) is 10.5 Å². The Balaban J connectivity index is 1.96. The lowest BCUT2D eigenvalue weighted by atomic mass is 10.1. The van der Waals surface area contributed by atoms with Gasteiger partial charge in [-0.15, -0.1) is 0 Å². The maximum absolute atomic E-state index is 11.6. The first-order valence-corrected chi connectivity index (χ1v) is 5.44. The van der Waals surface area contributed by atoms with Crippen molar-refractivity contribution in [3.05, 3.63) is 29.8 Å². The van der Waals surface area contributed by atoms with Crippen LogP contribution in [0.2, 0.25) is 0 Å². The molecular formula is C12H14N2O3. The highest BCUT2D eigenvalue weighted by Gasteiger charge is 2.36. The molecule has 1 aliphatic rings. The molecular weight excluding hydrogens is 220 g/mol. The molecule has 2 amide bonds. The number of imide groups is 1. The number of ether oxygens (including phenoxy) is 1. The Morgan fingerprint density at radius 2 is 1.94 bits per heavy atom. The molecule has 90 valence electrons. The number of cyclic esters (lactones) is 1. The molecule has 1 aromatic carbocycles. The van der Waals surface area contributed by atoms with Gasteiger partial charge in [0.15, 0.2) is 6.10 Å². The second kappa shape index (κ2) is 4.45. The summed E-state index contributed by atoms with van der Waals surface area (Å²) in [5, 5.41) is 0. The van der Waals surface area contributed by atoms with Crippen molar-refractivity contribution in [2.24, 2.45) is 0 Å². The third-order valence-electron chi connectivity index (χ3n) is 2.72. The van der Waals surface area contributed by atoms with Crippen molar-refractivity contribution < 1.29 is 14.3 Å². The predicted molar refractivity (Wildman–Crippen MR) is 62.2 cm³/mol. The van der Waals surface area contributed by atoms with Gasteiger partial charge in [0.25, 0.3) is 5.91 Å². The topological polar surface area (TPSA) is 72.6 Å². The minimum absolute atomic E-state index is 0.273. The summed E-state index contributed by atoms with van der Waals surface area (Å²) >= 11 is 0. The summed E-state index contributed by atoms with van der Waals surface area (Å²) in [4.78, 5) is 24.0. The number of hydrogen-bond acceptors (Lipinski definition) is 4. The largest absolute Gasteiger partial charge is 0.436 e. The number of hydrogen-bond donors (Lipinski definition) is 1. The van der Waals surface area contributed by atoms with E-state index < -0.39 is 12.2 Å². The number of nitrogens with two attached hydrogens (primary N) is 1. The van der Waals surface area contributed by atoms with Crippen molar-refractivity contribution in [1.29, 1.82) is 0 Å². The van der Waals surface area contributed by atoms with Gasteiger partial charge in [-0.1, -0.05) is 12.1 Å². The molecule has 17 heavy (non-hydrogen) atoms. The van der Waals surface area contributed by atoms with Crippen LogP contribution in [0, 0.1) is 0 Å². The molecule has 1 aliphatic heterocycles. The van der Waals surface area contributed by atoms with Gasteiger partial charge < -0.3 is 10.5 Å². The summed E-state index contributed by atoms with van der Waals surface area (Å²) in [6, 6.07) is 7.35. The molecule has 0 spiro atoms. The van der Waals surface area contributed by atoms with Crippen molar-refractivity contribution in [3.8, 4) is 0 Å². The lowest BCUT2D eigenvalue weighted by Crippen LogP contribution is -2.32. The summed E-state index contributed by atoms with van der Waals surface area (Å²) in [6.45, 7) is 1.91. The Morgan fingerprint density at radius 3 is 2.47 bits per heavy atom. The smallest absolute Gasteiger partial charge is 0.417 e. The van der Waals surface area contributed by atoms with E-state index in [9.17, 15) is 9.59 Å². The van der Waals surface area contributed by atoms with Gasteiger partial charge in [0.2, 0.25) is 0 Å². The quantitative estimate of drug-likeness (QED) is 0.797. The van der Waals surface area contributed by atoms with Gasteiger partial charge in [-0.05, 0) is 31.0 Å². The van der Waals surface area contributed by atoms with Crippen molar-refractivity contribution >= 4 is 17.7 Å². The molecule has 2 rings (SSSR count). The zero-order chi connectivity index (χ0) is 12.4. The SMILES string of the molecule is CC1OC(=O)N(CCc2ccc(N)cc2)C1=O. The van der Waals surface area contributed by atoms with Gasteiger partial charge in [-0.25, -0.2) is 9.69 Å². The number of rotatable bonds is 3. The van der Waals surface area contributed by atoms with Crippen LogP contribution in [0.25, 0.3) is 0 Å². The molecule has 0 radical (unpaired) electrons. The first kappa shape index (κ1) is 11.4. The molecule has 1 atom stereocenters. The summed E-state index contributed by atoms with van der Waals surface area (Å²) in [5.74, 6) is -0.273. The van der Waals surface area contributed by atoms with Crippen LogP contribution >= 0.6 is 0 Å². The van der Waals surface area contributed by atoms with Crippen LogP contribution < -0.4 is 5.73 Å². The molecule has 1 aromatic rings. The maximum atomic E-state index is 11.6. The third kappa shape index (κ3) is 2.38. The minimum Gasteiger partial charge on any atom is -0.436 e. The van der Waals surface area contributed by atoms with Gasteiger partial charge in [0.1, 0.15) is 0 Å². The Morgan fingerprint density at radius 1 is 1.29 bits per heavy atom. The number of carbonyl (C=O) groups excluding carboxylic acids is 2. The lowest BCUT2D eigenvalue weighted by Gasteiger charge is -2.10. The van der Waals surface area contributed by atoms with Gasteiger partial charge in [0, 0.05) is 12.2 Å². The molecule has 0 bridgehead atoms. The van der Waals surface area contributed by atoms with E-state index in [1.165, 1.54) is 0 Å². The Labute approximate surface area is 99.2 Å². The van der Waals surface area contributed by atoms with Gasteiger partial charge in [-0.3, -0.25) is 4.79 Å². The Hall–Kier alpha value is -2.04. The summed E-state index contributed by atoms with van der Waals surface area (Å²) in [5.41, 5.74) is 7.29. The Bertz CT molecular complexity index is 442. The molecule has 1 fully saturated rings. The normalized spacial score (nSPS) is 19.6. The van der Waals surface area contributed by atoms with Crippen molar-refractivity contribution in [2.75, 3.05) is 12.3 Å². The molecule has 1 saturated heterocycles. The zero-order valence-electron chi connectivity index (χ0n) is 9.55. The molecule has 5 heteroatoms. The van der Waals surface area contributed by atoms with Crippen LogP contribution in [0.5, 0.6) is 0 Å². The molecule has 5 nitrogen and oxygen atoms in total. The number of amides is 2.